The summed E-state index contributed by atoms with van der Waals surface area (Å²) in [5.74, 6) is 0. The molecule has 0 radical (unpaired) electrons. The zero-order valence-electron chi connectivity index (χ0n) is 8.37. The van der Waals surface area contributed by atoms with E-state index >= 15 is 0 Å². The Morgan fingerprint density at radius 3 is 2.57 bits per heavy atom. The van der Waals surface area contributed by atoms with Crippen LogP contribution < -0.4 is 0 Å². The zero-order valence-corrected chi connectivity index (χ0v) is 9.12. The van der Waals surface area contributed by atoms with Crippen molar-refractivity contribution in [3.05, 3.63) is 34.9 Å². The van der Waals surface area contributed by atoms with Gasteiger partial charge in [-0.1, -0.05) is 37.6 Å². The van der Waals surface area contributed by atoms with Crippen molar-refractivity contribution < 1.29 is 10.2 Å². The minimum atomic E-state index is -0.703. The molecule has 0 saturated carbocycles. The largest absolute Gasteiger partial charge is 0.396 e. The topological polar surface area (TPSA) is 40.5 Å². The van der Waals surface area contributed by atoms with Crippen LogP contribution in [0.1, 0.15) is 25.5 Å². The Morgan fingerprint density at radius 1 is 1.43 bits per heavy atom. The molecule has 0 spiro atoms. The number of hydrogen-bond donors (Lipinski definition) is 2. The second-order valence-corrected chi connectivity index (χ2v) is 4.54. The third-order valence-corrected chi connectivity index (χ3v) is 2.55. The van der Waals surface area contributed by atoms with Gasteiger partial charge in [-0.15, -0.1) is 0 Å². The fraction of sp³-hybridized carbons (Fsp3) is 0.455. The highest BCUT2D eigenvalue weighted by Crippen LogP contribution is 2.33. The van der Waals surface area contributed by atoms with E-state index in [1.165, 1.54) is 0 Å². The van der Waals surface area contributed by atoms with Gasteiger partial charge in [-0.05, 0) is 17.7 Å². The van der Waals surface area contributed by atoms with Gasteiger partial charge in [0.1, 0.15) is 0 Å². The van der Waals surface area contributed by atoms with E-state index in [0.717, 1.165) is 5.56 Å². The number of rotatable bonds is 3. The molecule has 3 heteroatoms. The predicted molar refractivity (Wildman–Crippen MR) is 57.3 cm³/mol. The molecule has 0 saturated heterocycles. The number of aliphatic hydroxyl groups is 2. The van der Waals surface area contributed by atoms with Crippen LogP contribution >= 0.6 is 11.6 Å². The molecule has 0 amide bonds. The third-order valence-electron chi connectivity index (χ3n) is 2.31. The summed E-state index contributed by atoms with van der Waals surface area (Å²) in [7, 11) is 0. The van der Waals surface area contributed by atoms with Crippen molar-refractivity contribution in [3.8, 4) is 0 Å². The molecule has 0 fully saturated rings. The molecule has 1 atom stereocenters. The van der Waals surface area contributed by atoms with Crippen molar-refractivity contribution >= 4 is 11.6 Å². The van der Waals surface area contributed by atoms with Crippen molar-refractivity contribution in [3.63, 3.8) is 0 Å². The summed E-state index contributed by atoms with van der Waals surface area (Å²) in [5, 5.41) is 19.6. The van der Waals surface area contributed by atoms with Crippen LogP contribution in [0, 0.1) is 5.41 Å². The Hall–Kier alpha value is -0.570. The highest BCUT2D eigenvalue weighted by atomic mass is 35.5. The average Bonchev–Trinajstić information content (AvgIpc) is 2.16. The van der Waals surface area contributed by atoms with Crippen LogP contribution in [-0.2, 0) is 0 Å². The smallest absolute Gasteiger partial charge is 0.0863 e. The van der Waals surface area contributed by atoms with Crippen LogP contribution in [0.25, 0.3) is 0 Å². The molecule has 1 rings (SSSR count). The number of aliphatic hydroxyl groups excluding tert-OH is 2. The Kier molecular flexibility index (Phi) is 3.53. The lowest BCUT2D eigenvalue weighted by Gasteiger charge is -2.28. The molecule has 1 aromatic rings. The van der Waals surface area contributed by atoms with Crippen LogP contribution in [0.4, 0.5) is 0 Å². The summed E-state index contributed by atoms with van der Waals surface area (Å²) >= 11 is 5.81. The van der Waals surface area contributed by atoms with Crippen LogP contribution in [0.5, 0.6) is 0 Å². The van der Waals surface area contributed by atoms with Crippen molar-refractivity contribution in [1.82, 2.24) is 0 Å². The first kappa shape index (κ1) is 11.5. The lowest BCUT2D eigenvalue weighted by Crippen LogP contribution is -2.25. The average molecular weight is 215 g/mol. The number of hydrogen-bond acceptors (Lipinski definition) is 2. The van der Waals surface area contributed by atoms with E-state index in [2.05, 4.69) is 0 Å². The Balaban J connectivity index is 2.94. The molecule has 14 heavy (non-hydrogen) atoms. The number of benzene rings is 1. The van der Waals surface area contributed by atoms with Crippen molar-refractivity contribution in [1.29, 1.82) is 0 Å². The molecule has 0 heterocycles. The fourth-order valence-corrected chi connectivity index (χ4v) is 1.41. The maximum absolute atomic E-state index is 9.95. The molecule has 1 unspecified atom stereocenters. The highest BCUT2D eigenvalue weighted by molar-refractivity contribution is 6.30. The molecule has 78 valence electrons. The SMILES string of the molecule is CC(C)(CO)C(O)c1cccc(Cl)c1. The normalized spacial score (nSPS) is 14.1. The first-order valence-electron chi connectivity index (χ1n) is 4.52. The minimum absolute atomic E-state index is 0.0688. The predicted octanol–water partition coefficient (Wildman–Crippen LogP) is 2.39. The molecule has 0 aliphatic heterocycles. The quantitative estimate of drug-likeness (QED) is 0.811. The monoisotopic (exact) mass is 214 g/mol. The van der Waals surface area contributed by atoms with Crippen LogP contribution in [0.15, 0.2) is 24.3 Å². The Labute approximate surface area is 89.1 Å². The van der Waals surface area contributed by atoms with Gasteiger partial charge in [0.15, 0.2) is 0 Å². The molecular formula is C11H15ClO2. The Morgan fingerprint density at radius 2 is 2.07 bits per heavy atom. The second-order valence-electron chi connectivity index (χ2n) is 4.10. The maximum atomic E-state index is 9.95. The van der Waals surface area contributed by atoms with Gasteiger partial charge in [0, 0.05) is 10.4 Å². The molecular weight excluding hydrogens is 200 g/mol. The molecule has 0 bridgehead atoms. The van der Waals surface area contributed by atoms with Crippen LogP contribution in [0.3, 0.4) is 0 Å². The van der Waals surface area contributed by atoms with E-state index in [9.17, 15) is 5.11 Å². The summed E-state index contributed by atoms with van der Waals surface area (Å²) in [6.07, 6.45) is -0.703. The summed E-state index contributed by atoms with van der Waals surface area (Å²) in [6.45, 7) is 3.54. The van der Waals surface area contributed by atoms with E-state index in [1.54, 1.807) is 38.1 Å². The van der Waals surface area contributed by atoms with Crippen LogP contribution in [0.2, 0.25) is 5.02 Å². The molecule has 2 N–H and O–H groups in total. The van der Waals surface area contributed by atoms with E-state index in [-0.39, 0.29) is 6.61 Å². The van der Waals surface area contributed by atoms with E-state index in [0.29, 0.717) is 5.02 Å². The first-order chi connectivity index (χ1) is 6.47. The summed E-state index contributed by atoms with van der Waals surface area (Å²) in [6, 6.07) is 7.05. The first-order valence-corrected chi connectivity index (χ1v) is 4.89. The van der Waals surface area contributed by atoms with Gasteiger partial charge in [-0.2, -0.15) is 0 Å². The van der Waals surface area contributed by atoms with Gasteiger partial charge in [0.2, 0.25) is 0 Å². The molecule has 1 aromatic carbocycles. The fourth-order valence-electron chi connectivity index (χ4n) is 1.21. The van der Waals surface area contributed by atoms with E-state index in [4.69, 9.17) is 16.7 Å². The molecule has 2 nitrogen and oxygen atoms in total. The van der Waals surface area contributed by atoms with Gasteiger partial charge in [0.25, 0.3) is 0 Å². The number of halogens is 1. The van der Waals surface area contributed by atoms with Gasteiger partial charge in [-0.3, -0.25) is 0 Å². The standard InChI is InChI=1S/C11H15ClO2/c1-11(2,7-13)10(14)8-4-3-5-9(12)6-8/h3-6,10,13-14H,7H2,1-2H3. The van der Waals surface area contributed by atoms with Gasteiger partial charge < -0.3 is 10.2 Å². The highest BCUT2D eigenvalue weighted by Gasteiger charge is 2.28. The van der Waals surface area contributed by atoms with Gasteiger partial charge in [0.05, 0.1) is 12.7 Å². The minimum Gasteiger partial charge on any atom is -0.396 e. The van der Waals surface area contributed by atoms with Crippen LogP contribution in [-0.4, -0.2) is 16.8 Å². The Bertz CT molecular complexity index is 310. The van der Waals surface area contributed by atoms with Gasteiger partial charge >= 0.3 is 0 Å². The maximum Gasteiger partial charge on any atom is 0.0863 e. The summed E-state index contributed by atoms with van der Waals surface area (Å²) in [4.78, 5) is 0. The summed E-state index contributed by atoms with van der Waals surface area (Å²) in [5.41, 5.74) is 0.182. The zero-order chi connectivity index (χ0) is 10.8. The van der Waals surface area contributed by atoms with Crippen molar-refractivity contribution in [2.45, 2.75) is 20.0 Å². The van der Waals surface area contributed by atoms with E-state index < -0.39 is 11.5 Å². The summed E-state index contributed by atoms with van der Waals surface area (Å²) < 4.78 is 0. The lowest BCUT2D eigenvalue weighted by molar-refractivity contribution is 0.00639. The van der Waals surface area contributed by atoms with Gasteiger partial charge in [-0.25, -0.2) is 0 Å². The molecule has 0 aliphatic carbocycles. The van der Waals surface area contributed by atoms with E-state index in [1.807, 2.05) is 0 Å². The lowest BCUT2D eigenvalue weighted by atomic mass is 9.83. The molecule has 0 aromatic heterocycles. The molecule has 0 aliphatic rings. The van der Waals surface area contributed by atoms with Crippen molar-refractivity contribution in [2.75, 3.05) is 6.61 Å². The van der Waals surface area contributed by atoms with Crippen molar-refractivity contribution in [2.24, 2.45) is 5.41 Å². The second kappa shape index (κ2) is 4.30. The third kappa shape index (κ3) is 2.47.